The lowest BCUT2D eigenvalue weighted by molar-refractivity contribution is 0.0187. The minimum absolute atomic E-state index is 0.0253. The van der Waals surface area contributed by atoms with Gasteiger partial charge in [0.2, 0.25) is 0 Å². The van der Waals surface area contributed by atoms with Gasteiger partial charge in [0.05, 0.1) is 6.10 Å². The Labute approximate surface area is 97.3 Å². The maximum absolute atomic E-state index is 10.0. The highest BCUT2D eigenvalue weighted by atomic mass is 16.5. The lowest BCUT2D eigenvalue weighted by Crippen LogP contribution is -2.32. The first-order valence-electron chi connectivity index (χ1n) is 6.26. The molecule has 0 radical (unpaired) electrons. The Hall–Kier alpha value is -1.02. The number of hydrogen-bond acceptors (Lipinski definition) is 2. The van der Waals surface area contributed by atoms with Gasteiger partial charge in [0.25, 0.3) is 0 Å². The molecule has 0 unspecified atom stereocenters. The van der Waals surface area contributed by atoms with Crippen molar-refractivity contribution >= 4 is 0 Å². The molecule has 0 amide bonds. The first-order valence-corrected chi connectivity index (χ1v) is 6.26. The van der Waals surface area contributed by atoms with Gasteiger partial charge in [0.15, 0.2) is 0 Å². The van der Waals surface area contributed by atoms with Crippen LogP contribution in [0.15, 0.2) is 30.3 Å². The van der Waals surface area contributed by atoms with Gasteiger partial charge in [-0.2, -0.15) is 0 Å². The molecule has 1 N–H and O–H groups in total. The number of rotatable bonds is 2. The van der Waals surface area contributed by atoms with Crippen LogP contribution < -0.4 is 4.74 Å². The molecule has 1 aromatic carbocycles. The van der Waals surface area contributed by atoms with E-state index in [1.54, 1.807) is 0 Å². The molecule has 0 heterocycles. The summed E-state index contributed by atoms with van der Waals surface area (Å²) in [6.07, 6.45) is 6.30. The molecule has 2 heteroatoms. The molecule has 0 saturated heterocycles. The number of benzene rings is 1. The van der Waals surface area contributed by atoms with Crippen LogP contribution >= 0.6 is 0 Å². The second kappa shape index (κ2) is 5.90. The van der Waals surface area contributed by atoms with Gasteiger partial charge in [-0.05, 0) is 31.4 Å². The van der Waals surface area contributed by atoms with E-state index in [0.717, 1.165) is 31.4 Å². The zero-order chi connectivity index (χ0) is 11.2. The van der Waals surface area contributed by atoms with Gasteiger partial charge in [0, 0.05) is 0 Å². The topological polar surface area (TPSA) is 29.5 Å². The predicted molar refractivity (Wildman–Crippen MR) is 64.6 cm³/mol. The molecule has 88 valence electrons. The van der Waals surface area contributed by atoms with Gasteiger partial charge in [-0.1, -0.05) is 37.5 Å². The van der Waals surface area contributed by atoms with Crippen molar-refractivity contribution in [2.24, 2.45) is 0 Å². The van der Waals surface area contributed by atoms with Crippen molar-refractivity contribution in [3.63, 3.8) is 0 Å². The summed E-state index contributed by atoms with van der Waals surface area (Å²) >= 11 is 0. The molecule has 1 aromatic rings. The second-order valence-corrected chi connectivity index (χ2v) is 4.53. The average Bonchev–Trinajstić information content (AvgIpc) is 2.30. The zero-order valence-electron chi connectivity index (χ0n) is 9.64. The highest BCUT2D eigenvalue weighted by Crippen LogP contribution is 2.22. The fourth-order valence-electron chi connectivity index (χ4n) is 2.24. The van der Waals surface area contributed by atoms with E-state index in [1.165, 1.54) is 12.8 Å². The fourth-order valence-corrected chi connectivity index (χ4v) is 2.24. The Morgan fingerprint density at radius 2 is 1.62 bits per heavy atom. The van der Waals surface area contributed by atoms with Crippen LogP contribution in [-0.2, 0) is 0 Å². The number of ether oxygens (including phenoxy) is 1. The van der Waals surface area contributed by atoms with E-state index < -0.39 is 0 Å². The minimum atomic E-state index is -0.305. The Balaban J connectivity index is 1.95. The summed E-state index contributed by atoms with van der Waals surface area (Å²) in [4.78, 5) is 0. The molecule has 0 spiro atoms. The van der Waals surface area contributed by atoms with Crippen LogP contribution in [0.3, 0.4) is 0 Å². The van der Waals surface area contributed by atoms with E-state index in [4.69, 9.17) is 4.74 Å². The molecule has 0 aliphatic heterocycles. The first kappa shape index (κ1) is 11.5. The highest BCUT2D eigenvalue weighted by Gasteiger charge is 2.21. The van der Waals surface area contributed by atoms with Crippen LogP contribution in [0.2, 0.25) is 0 Å². The summed E-state index contributed by atoms with van der Waals surface area (Å²) in [5.74, 6) is 0.868. The summed E-state index contributed by atoms with van der Waals surface area (Å²) < 4.78 is 5.85. The molecule has 2 atom stereocenters. The molecule has 1 aliphatic rings. The summed E-state index contributed by atoms with van der Waals surface area (Å²) in [5.41, 5.74) is 0. The Morgan fingerprint density at radius 3 is 2.38 bits per heavy atom. The van der Waals surface area contributed by atoms with Gasteiger partial charge < -0.3 is 9.84 Å². The van der Waals surface area contributed by atoms with Crippen molar-refractivity contribution < 1.29 is 9.84 Å². The third-order valence-corrected chi connectivity index (χ3v) is 3.20. The lowest BCUT2D eigenvalue weighted by Gasteiger charge is -2.26. The van der Waals surface area contributed by atoms with E-state index in [-0.39, 0.29) is 12.2 Å². The molecular weight excluding hydrogens is 200 g/mol. The minimum Gasteiger partial charge on any atom is -0.488 e. The van der Waals surface area contributed by atoms with Gasteiger partial charge >= 0.3 is 0 Å². The largest absolute Gasteiger partial charge is 0.488 e. The first-order chi connectivity index (χ1) is 7.86. The van der Waals surface area contributed by atoms with Gasteiger partial charge in [-0.15, -0.1) is 0 Å². The van der Waals surface area contributed by atoms with Crippen LogP contribution in [0.25, 0.3) is 0 Å². The molecule has 1 saturated carbocycles. The molecule has 1 aliphatic carbocycles. The van der Waals surface area contributed by atoms with Crippen LogP contribution in [0, 0.1) is 0 Å². The van der Waals surface area contributed by atoms with Gasteiger partial charge in [-0.25, -0.2) is 0 Å². The fraction of sp³-hybridized carbons (Fsp3) is 0.571. The Bertz CT molecular complexity index is 297. The standard InChI is InChI=1S/C14H20O2/c15-13-10-6-1-2-7-11-14(13)16-12-8-4-3-5-9-12/h3-5,8-9,13-15H,1-2,6-7,10-11H2/t13-,14+/m0/s1. The Kier molecular flexibility index (Phi) is 4.23. The highest BCUT2D eigenvalue weighted by molar-refractivity contribution is 5.21. The lowest BCUT2D eigenvalue weighted by atomic mass is 9.96. The molecule has 0 bridgehead atoms. The summed E-state index contributed by atoms with van der Waals surface area (Å²) in [7, 11) is 0. The van der Waals surface area contributed by atoms with Crippen molar-refractivity contribution in [2.45, 2.75) is 50.7 Å². The molecule has 0 aromatic heterocycles. The normalized spacial score (nSPS) is 26.8. The Morgan fingerprint density at radius 1 is 0.938 bits per heavy atom. The van der Waals surface area contributed by atoms with Crippen LogP contribution in [-0.4, -0.2) is 17.3 Å². The monoisotopic (exact) mass is 220 g/mol. The SMILES string of the molecule is O[C@H]1CCCCCC[C@H]1Oc1ccccc1. The summed E-state index contributed by atoms with van der Waals surface area (Å²) in [5, 5.41) is 10.0. The number of para-hydroxylation sites is 1. The van der Waals surface area contributed by atoms with Gasteiger partial charge in [0.1, 0.15) is 11.9 Å². The summed E-state index contributed by atoms with van der Waals surface area (Å²) in [6, 6.07) is 9.80. The van der Waals surface area contributed by atoms with Gasteiger partial charge in [-0.3, -0.25) is 0 Å². The van der Waals surface area contributed by atoms with Crippen molar-refractivity contribution in [3.05, 3.63) is 30.3 Å². The molecular formula is C14H20O2. The molecule has 1 fully saturated rings. The van der Waals surface area contributed by atoms with Crippen LogP contribution in [0.4, 0.5) is 0 Å². The van der Waals surface area contributed by atoms with Crippen LogP contribution in [0.5, 0.6) is 5.75 Å². The van der Waals surface area contributed by atoms with Crippen molar-refractivity contribution in [1.82, 2.24) is 0 Å². The van der Waals surface area contributed by atoms with E-state index in [1.807, 2.05) is 30.3 Å². The van der Waals surface area contributed by atoms with E-state index >= 15 is 0 Å². The predicted octanol–water partition coefficient (Wildman–Crippen LogP) is 3.15. The van der Waals surface area contributed by atoms with E-state index in [9.17, 15) is 5.11 Å². The number of aliphatic hydroxyl groups excluding tert-OH is 1. The van der Waals surface area contributed by atoms with E-state index in [0.29, 0.717) is 0 Å². The summed E-state index contributed by atoms with van der Waals surface area (Å²) in [6.45, 7) is 0. The maximum atomic E-state index is 10.0. The number of hydrogen-bond donors (Lipinski definition) is 1. The third-order valence-electron chi connectivity index (χ3n) is 3.20. The quantitative estimate of drug-likeness (QED) is 0.829. The smallest absolute Gasteiger partial charge is 0.124 e. The third kappa shape index (κ3) is 3.24. The zero-order valence-corrected chi connectivity index (χ0v) is 9.64. The molecule has 2 rings (SSSR count). The average molecular weight is 220 g/mol. The maximum Gasteiger partial charge on any atom is 0.124 e. The molecule has 2 nitrogen and oxygen atoms in total. The van der Waals surface area contributed by atoms with Crippen molar-refractivity contribution in [3.8, 4) is 5.75 Å². The van der Waals surface area contributed by atoms with Crippen molar-refractivity contribution in [1.29, 1.82) is 0 Å². The second-order valence-electron chi connectivity index (χ2n) is 4.53. The van der Waals surface area contributed by atoms with E-state index in [2.05, 4.69) is 0 Å². The van der Waals surface area contributed by atoms with Crippen molar-refractivity contribution in [2.75, 3.05) is 0 Å². The number of aliphatic hydroxyl groups is 1. The molecule has 16 heavy (non-hydrogen) atoms. The van der Waals surface area contributed by atoms with Crippen LogP contribution in [0.1, 0.15) is 38.5 Å².